The van der Waals surface area contributed by atoms with Crippen LogP contribution < -0.4 is 10.6 Å². The molecule has 1 aliphatic heterocycles. The van der Waals surface area contributed by atoms with Gasteiger partial charge in [0.15, 0.2) is 0 Å². The Labute approximate surface area is 123 Å². The van der Waals surface area contributed by atoms with Gasteiger partial charge in [-0.25, -0.2) is 0 Å². The van der Waals surface area contributed by atoms with Gasteiger partial charge in [-0.05, 0) is 49.9 Å². The molecule has 1 heterocycles. The zero-order valence-corrected chi connectivity index (χ0v) is 13.0. The molecule has 3 atom stereocenters. The summed E-state index contributed by atoms with van der Waals surface area (Å²) in [6.07, 6.45) is 2.28. The molecule has 0 aliphatic carbocycles. The van der Waals surface area contributed by atoms with E-state index >= 15 is 0 Å². The van der Waals surface area contributed by atoms with E-state index < -0.39 is 0 Å². The third kappa shape index (κ3) is 3.80. The molecule has 2 rings (SSSR count). The molecule has 104 valence electrons. The van der Waals surface area contributed by atoms with E-state index in [1.807, 2.05) is 31.2 Å². The fraction of sp³-hybridized carbons (Fsp3) is 0.533. The van der Waals surface area contributed by atoms with E-state index in [-0.39, 0.29) is 18.0 Å². The highest BCUT2D eigenvalue weighted by molar-refractivity contribution is 9.10. The molecule has 0 spiro atoms. The second-order valence-corrected chi connectivity index (χ2v) is 6.25. The van der Waals surface area contributed by atoms with Crippen LogP contribution in [-0.2, 0) is 4.79 Å². The molecule has 1 aromatic rings. The van der Waals surface area contributed by atoms with E-state index in [1.54, 1.807) is 0 Å². The fourth-order valence-electron chi connectivity index (χ4n) is 2.56. The predicted octanol–water partition coefficient (Wildman–Crippen LogP) is 3.01. The molecule has 1 aliphatic rings. The summed E-state index contributed by atoms with van der Waals surface area (Å²) in [6.45, 7) is 5.10. The quantitative estimate of drug-likeness (QED) is 0.897. The second-order valence-electron chi connectivity index (χ2n) is 5.34. The lowest BCUT2D eigenvalue weighted by molar-refractivity contribution is -0.125. The van der Waals surface area contributed by atoms with Gasteiger partial charge in [0.1, 0.15) is 0 Å². The highest BCUT2D eigenvalue weighted by Gasteiger charge is 2.28. The number of amides is 1. The Morgan fingerprint density at radius 3 is 3.00 bits per heavy atom. The predicted molar refractivity (Wildman–Crippen MR) is 80.9 cm³/mol. The van der Waals surface area contributed by atoms with Gasteiger partial charge >= 0.3 is 0 Å². The molecule has 0 aromatic heterocycles. The molecule has 1 fully saturated rings. The van der Waals surface area contributed by atoms with Crippen LogP contribution in [0.4, 0.5) is 0 Å². The highest BCUT2D eigenvalue weighted by atomic mass is 79.9. The maximum atomic E-state index is 12.3. The van der Waals surface area contributed by atoms with Crippen molar-refractivity contribution in [1.82, 2.24) is 10.6 Å². The van der Waals surface area contributed by atoms with Gasteiger partial charge in [0, 0.05) is 4.47 Å². The lowest BCUT2D eigenvalue weighted by atomic mass is 9.92. The van der Waals surface area contributed by atoms with E-state index in [0.717, 1.165) is 29.4 Å². The molecule has 1 amide bonds. The average molecular weight is 325 g/mol. The maximum Gasteiger partial charge on any atom is 0.237 e. The number of nitrogens with one attached hydrogen (secondary N) is 2. The average Bonchev–Trinajstić information content (AvgIpc) is 2.39. The van der Waals surface area contributed by atoms with Crippen LogP contribution in [-0.4, -0.2) is 18.5 Å². The van der Waals surface area contributed by atoms with Gasteiger partial charge in [-0.1, -0.05) is 35.0 Å². The van der Waals surface area contributed by atoms with Crippen molar-refractivity contribution in [1.29, 1.82) is 0 Å². The first-order valence-electron chi connectivity index (χ1n) is 6.87. The molecule has 1 aromatic carbocycles. The topological polar surface area (TPSA) is 41.1 Å². The number of benzene rings is 1. The molecule has 0 saturated carbocycles. The molecule has 2 N–H and O–H groups in total. The summed E-state index contributed by atoms with van der Waals surface area (Å²) >= 11 is 3.46. The normalized spacial score (nSPS) is 24.8. The van der Waals surface area contributed by atoms with Crippen molar-refractivity contribution in [2.45, 2.75) is 38.8 Å². The molecule has 19 heavy (non-hydrogen) atoms. The van der Waals surface area contributed by atoms with E-state index in [1.165, 1.54) is 0 Å². The van der Waals surface area contributed by atoms with Crippen molar-refractivity contribution in [3.05, 3.63) is 34.3 Å². The van der Waals surface area contributed by atoms with Gasteiger partial charge < -0.3 is 10.6 Å². The summed E-state index contributed by atoms with van der Waals surface area (Å²) in [7, 11) is 0. The van der Waals surface area contributed by atoms with Gasteiger partial charge in [0.25, 0.3) is 0 Å². The molecule has 1 saturated heterocycles. The summed E-state index contributed by atoms with van der Waals surface area (Å²) in [5.41, 5.74) is 1.12. The van der Waals surface area contributed by atoms with Gasteiger partial charge in [0.05, 0.1) is 12.1 Å². The number of carbonyl (C=O) groups is 1. The standard InChI is InChI=1S/C15H21BrN2O/c1-10-5-4-8-17-14(10)15(19)18-11(2)12-6-3-7-13(16)9-12/h3,6-7,9-11,14,17H,4-5,8H2,1-2H3,(H,18,19). The Bertz CT molecular complexity index is 450. The highest BCUT2D eigenvalue weighted by Crippen LogP contribution is 2.20. The number of hydrogen-bond acceptors (Lipinski definition) is 2. The van der Waals surface area contributed by atoms with Crippen LogP contribution in [0.1, 0.15) is 38.3 Å². The van der Waals surface area contributed by atoms with Crippen molar-refractivity contribution in [3.63, 3.8) is 0 Å². The minimum absolute atomic E-state index is 0.0286. The Morgan fingerprint density at radius 2 is 2.32 bits per heavy atom. The van der Waals surface area contributed by atoms with Crippen LogP contribution in [0, 0.1) is 5.92 Å². The third-order valence-electron chi connectivity index (χ3n) is 3.76. The van der Waals surface area contributed by atoms with E-state index in [0.29, 0.717) is 5.92 Å². The summed E-state index contributed by atoms with van der Waals surface area (Å²) in [4.78, 5) is 12.3. The first kappa shape index (κ1) is 14.5. The van der Waals surface area contributed by atoms with Crippen molar-refractivity contribution in [3.8, 4) is 0 Å². The van der Waals surface area contributed by atoms with Crippen molar-refractivity contribution < 1.29 is 4.79 Å². The Morgan fingerprint density at radius 1 is 1.53 bits per heavy atom. The smallest absolute Gasteiger partial charge is 0.237 e. The van der Waals surface area contributed by atoms with Gasteiger partial charge in [-0.15, -0.1) is 0 Å². The van der Waals surface area contributed by atoms with Crippen molar-refractivity contribution in [2.24, 2.45) is 5.92 Å². The minimum Gasteiger partial charge on any atom is -0.348 e. The Balaban J connectivity index is 1.98. The lowest BCUT2D eigenvalue weighted by Gasteiger charge is -2.30. The van der Waals surface area contributed by atoms with Crippen LogP contribution in [0.15, 0.2) is 28.7 Å². The second kappa shape index (κ2) is 6.53. The maximum absolute atomic E-state index is 12.3. The van der Waals surface area contributed by atoms with Crippen LogP contribution >= 0.6 is 15.9 Å². The van der Waals surface area contributed by atoms with E-state index in [4.69, 9.17) is 0 Å². The van der Waals surface area contributed by atoms with Gasteiger partial charge in [-0.3, -0.25) is 4.79 Å². The Kier molecular flexibility index (Phi) is 4.99. The van der Waals surface area contributed by atoms with Crippen LogP contribution in [0.3, 0.4) is 0 Å². The molecular weight excluding hydrogens is 304 g/mol. The third-order valence-corrected chi connectivity index (χ3v) is 4.25. The SMILES string of the molecule is CC(NC(=O)C1NCCCC1C)c1cccc(Br)c1. The summed E-state index contributed by atoms with van der Waals surface area (Å²) in [5, 5.41) is 6.42. The number of hydrogen-bond donors (Lipinski definition) is 2. The molecule has 3 unspecified atom stereocenters. The Hall–Kier alpha value is -0.870. The van der Waals surface area contributed by atoms with Crippen LogP contribution in [0.2, 0.25) is 0 Å². The number of piperidine rings is 1. The lowest BCUT2D eigenvalue weighted by Crippen LogP contribution is -2.51. The molecule has 4 heteroatoms. The van der Waals surface area contributed by atoms with E-state index in [2.05, 4.69) is 33.5 Å². The first-order chi connectivity index (χ1) is 9.08. The number of carbonyl (C=O) groups excluding carboxylic acids is 1. The molecule has 0 bridgehead atoms. The first-order valence-corrected chi connectivity index (χ1v) is 7.66. The minimum atomic E-state index is -0.0525. The molecular formula is C15H21BrN2O. The fourth-order valence-corrected chi connectivity index (χ4v) is 2.98. The monoisotopic (exact) mass is 324 g/mol. The van der Waals surface area contributed by atoms with Crippen molar-refractivity contribution >= 4 is 21.8 Å². The summed E-state index contributed by atoms with van der Waals surface area (Å²) < 4.78 is 1.04. The van der Waals surface area contributed by atoms with Crippen LogP contribution in [0.5, 0.6) is 0 Å². The summed E-state index contributed by atoms with van der Waals surface area (Å²) in [6, 6.07) is 8.03. The number of rotatable bonds is 3. The van der Waals surface area contributed by atoms with Crippen molar-refractivity contribution in [2.75, 3.05) is 6.54 Å². The van der Waals surface area contributed by atoms with Crippen LogP contribution in [0.25, 0.3) is 0 Å². The van der Waals surface area contributed by atoms with Gasteiger partial charge in [0.2, 0.25) is 5.91 Å². The zero-order chi connectivity index (χ0) is 13.8. The molecule has 3 nitrogen and oxygen atoms in total. The molecule has 0 radical (unpaired) electrons. The largest absolute Gasteiger partial charge is 0.348 e. The van der Waals surface area contributed by atoms with E-state index in [9.17, 15) is 4.79 Å². The summed E-state index contributed by atoms with van der Waals surface area (Å²) in [5.74, 6) is 0.517. The number of halogens is 1. The van der Waals surface area contributed by atoms with Gasteiger partial charge in [-0.2, -0.15) is 0 Å². The zero-order valence-electron chi connectivity index (χ0n) is 11.4.